The number of amides is 1. The average molecular weight is 227 g/mol. The number of rotatable bonds is 4. The second-order valence-corrected chi connectivity index (χ2v) is 3.39. The van der Waals surface area contributed by atoms with Gasteiger partial charge in [-0.15, -0.1) is 0 Å². The van der Waals surface area contributed by atoms with Gasteiger partial charge in [0.25, 0.3) is 0 Å². The standard InChI is InChI=1S/C11H11F2NO2/c1-7(15)4-11(16)14-6-8-5-9(12)2-3-10(8)13/h2-3,5H,4,6H2,1H3,(H,14,16). The maximum absolute atomic E-state index is 13.1. The van der Waals surface area contributed by atoms with Crippen LogP contribution in [0.1, 0.15) is 18.9 Å². The normalized spacial score (nSPS) is 9.94. The molecule has 16 heavy (non-hydrogen) atoms. The van der Waals surface area contributed by atoms with Crippen LogP contribution < -0.4 is 5.32 Å². The Morgan fingerprint density at radius 3 is 2.62 bits per heavy atom. The highest BCUT2D eigenvalue weighted by Gasteiger charge is 2.07. The van der Waals surface area contributed by atoms with E-state index in [0.29, 0.717) is 0 Å². The second kappa shape index (κ2) is 5.34. The van der Waals surface area contributed by atoms with Crippen molar-refractivity contribution >= 4 is 11.7 Å². The van der Waals surface area contributed by atoms with Gasteiger partial charge in [-0.1, -0.05) is 0 Å². The Balaban J connectivity index is 2.57. The number of hydrogen-bond donors (Lipinski definition) is 1. The van der Waals surface area contributed by atoms with Gasteiger partial charge in [-0.05, 0) is 25.1 Å². The highest BCUT2D eigenvalue weighted by atomic mass is 19.1. The number of carbonyl (C=O) groups is 2. The minimum Gasteiger partial charge on any atom is -0.352 e. The summed E-state index contributed by atoms with van der Waals surface area (Å²) in [5, 5.41) is 2.33. The zero-order valence-electron chi connectivity index (χ0n) is 8.72. The van der Waals surface area contributed by atoms with Crippen LogP contribution in [0.15, 0.2) is 18.2 Å². The Morgan fingerprint density at radius 1 is 1.31 bits per heavy atom. The maximum atomic E-state index is 13.1. The van der Waals surface area contributed by atoms with Crippen molar-refractivity contribution in [3.63, 3.8) is 0 Å². The van der Waals surface area contributed by atoms with Crippen molar-refractivity contribution in [2.24, 2.45) is 0 Å². The molecule has 1 aromatic rings. The van der Waals surface area contributed by atoms with Crippen LogP contribution in [0.4, 0.5) is 8.78 Å². The number of carbonyl (C=O) groups excluding carboxylic acids is 2. The first-order chi connectivity index (χ1) is 7.49. The first kappa shape index (κ1) is 12.3. The molecular formula is C11H11F2NO2. The molecular weight excluding hydrogens is 216 g/mol. The van der Waals surface area contributed by atoms with E-state index in [-0.39, 0.29) is 24.3 Å². The predicted molar refractivity (Wildman–Crippen MR) is 53.5 cm³/mol. The molecule has 1 amide bonds. The summed E-state index contributed by atoms with van der Waals surface area (Å²) >= 11 is 0. The third-order valence-electron chi connectivity index (χ3n) is 1.89. The minimum atomic E-state index is -0.593. The van der Waals surface area contributed by atoms with Gasteiger partial charge in [0, 0.05) is 12.1 Å². The van der Waals surface area contributed by atoms with E-state index in [1.165, 1.54) is 6.92 Å². The van der Waals surface area contributed by atoms with Crippen LogP contribution >= 0.6 is 0 Å². The molecule has 0 saturated heterocycles. The fourth-order valence-electron chi connectivity index (χ4n) is 1.16. The van der Waals surface area contributed by atoms with Crippen LogP contribution in [-0.4, -0.2) is 11.7 Å². The van der Waals surface area contributed by atoms with E-state index in [4.69, 9.17) is 0 Å². The van der Waals surface area contributed by atoms with Gasteiger partial charge in [0.05, 0.1) is 6.42 Å². The number of ketones is 1. The predicted octanol–water partition coefficient (Wildman–Crippen LogP) is 1.56. The monoisotopic (exact) mass is 227 g/mol. The molecule has 5 heteroatoms. The lowest BCUT2D eigenvalue weighted by atomic mass is 10.2. The maximum Gasteiger partial charge on any atom is 0.227 e. The summed E-state index contributed by atoms with van der Waals surface area (Å²) in [6, 6.07) is 2.99. The summed E-state index contributed by atoms with van der Waals surface area (Å²) in [6.07, 6.45) is -0.253. The SMILES string of the molecule is CC(=O)CC(=O)NCc1cc(F)ccc1F. The van der Waals surface area contributed by atoms with Gasteiger partial charge in [-0.2, -0.15) is 0 Å². The molecule has 0 aliphatic rings. The van der Waals surface area contributed by atoms with E-state index >= 15 is 0 Å². The van der Waals surface area contributed by atoms with E-state index in [9.17, 15) is 18.4 Å². The van der Waals surface area contributed by atoms with E-state index < -0.39 is 17.5 Å². The van der Waals surface area contributed by atoms with Crippen molar-refractivity contribution in [3.8, 4) is 0 Å². The molecule has 1 aromatic carbocycles. The third kappa shape index (κ3) is 3.76. The lowest BCUT2D eigenvalue weighted by molar-refractivity contribution is -0.127. The number of benzene rings is 1. The molecule has 0 spiro atoms. The third-order valence-corrected chi connectivity index (χ3v) is 1.89. The topological polar surface area (TPSA) is 46.2 Å². The van der Waals surface area contributed by atoms with Gasteiger partial charge in [0.15, 0.2) is 0 Å². The summed E-state index contributed by atoms with van der Waals surface area (Å²) in [5.41, 5.74) is 0.0527. The van der Waals surface area contributed by atoms with Gasteiger partial charge in [-0.3, -0.25) is 9.59 Å². The number of halogens is 2. The van der Waals surface area contributed by atoms with Crippen LogP contribution in [0, 0.1) is 11.6 Å². The molecule has 0 fully saturated rings. The molecule has 0 heterocycles. The molecule has 0 aromatic heterocycles. The number of hydrogen-bond acceptors (Lipinski definition) is 2. The summed E-state index contributed by atoms with van der Waals surface area (Å²) in [6.45, 7) is 1.15. The quantitative estimate of drug-likeness (QED) is 0.793. The molecule has 0 unspecified atom stereocenters. The summed E-state index contributed by atoms with van der Waals surface area (Å²) in [5.74, 6) is -1.95. The molecule has 1 N–H and O–H groups in total. The van der Waals surface area contributed by atoms with Crippen LogP contribution in [-0.2, 0) is 16.1 Å². The first-order valence-corrected chi connectivity index (χ1v) is 4.69. The first-order valence-electron chi connectivity index (χ1n) is 4.69. The Hall–Kier alpha value is -1.78. The van der Waals surface area contributed by atoms with Crippen molar-refractivity contribution in [3.05, 3.63) is 35.4 Å². The molecule has 0 aliphatic heterocycles. The van der Waals surface area contributed by atoms with Gasteiger partial charge in [-0.25, -0.2) is 8.78 Å². The summed E-state index contributed by atoms with van der Waals surface area (Å²) in [7, 11) is 0. The Kier molecular flexibility index (Phi) is 4.10. The largest absolute Gasteiger partial charge is 0.352 e. The zero-order valence-corrected chi connectivity index (χ0v) is 8.72. The van der Waals surface area contributed by atoms with Crippen molar-refractivity contribution in [1.29, 1.82) is 0 Å². The fourth-order valence-corrected chi connectivity index (χ4v) is 1.16. The van der Waals surface area contributed by atoms with Crippen molar-refractivity contribution in [1.82, 2.24) is 5.32 Å². The Bertz CT molecular complexity index is 418. The van der Waals surface area contributed by atoms with Crippen molar-refractivity contribution in [2.75, 3.05) is 0 Å². The lowest BCUT2D eigenvalue weighted by Crippen LogP contribution is -2.24. The Morgan fingerprint density at radius 2 is 2.00 bits per heavy atom. The molecule has 86 valence electrons. The molecule has 0 atom stereocenters. The van der Waals surface area contributed by atoms with Crippen LogP contribution in [0.25, 0.3) is 0 Å². The van der Waals surface area contributed by atoms with E-state index in [1.54, 1.807) is 0 Å². The number of nitrogens with one attached hydrogen (secondary N) is 1. The van der Waals surface area contributed by atoms with E-state index in [1.807, 2.05) is 0 Å². The van der Waals surface area contributed by atoms with Gasteiger partial charge < -0.3 is 5.32 Å². The smallest absolute Gasteiger partial charge is 0.227 e. The zero-order chi connectivity index (χ0) is 12.1. The molecule has 0 aliphatic carbocycles. The van der Waals surface area contributed by atoms with Crippen molar-refractivity contribution in [2.45, 2.75) is 19.9 Å². The van der Waals surface area contributed by atoms with E-state index in [0.717, 1.165) is 18.2 Å². The van der Waals surface area contributed by atoms with Crippen LogP contribution in [0.3, 0.4) is 0 Å². The minimum absolute atomic E-state index is 0.0527. The lowest BCUT2D eigenvalue weighted by Gasteiger charge is -2.05. The molecule has 0 radical (unpaired) electrons. The van der Waals surface area contributed by atoms with Crippen molar-refractivity contribution < 1.29 is 18.4 Å². The summed E-state index contributed by atoms with van der Waals surface area (Å²) in [4.78, 5) is 21.7. The molecule has 3 nitrogen and oxygen atoms in total. The molecule has 1 rings (SSSR count). The summed E-state index contributed by atoms with van der Waals surface area (Å²) < 4.78 is 25.8. The molecule has 0 saturated carbocycles. The van der Waals surface area contributed by atoms with Crippen LogP contribution in [0.5, 0.6) is 0 Å². The van der Waals surface area contributed by atoms with E-state index in [2.05, 4.69) is 5.32 Å². The fraction of sp³-hybridized carbons (Fsp3) is 0.273. The van der Waals surface area contributed by atoms with Gasteiger partial charge >= 0.3 is 0 Å². The van der Waals surface area contributed by atoms with Crippen LogP contribution in [0.2, 0.25) is 0 Å². The highest BCUT2D eigenvalue weighted by molar-refractivity contribution is 5.96. The van der Waals surface area contributed by atoms with Gasteiger partial charge in [0.2, 0.25) is 5.91 Å². The second-order valence-electron chi connectivity index (χ2n) is 3.39. The highest BCUT2D eigenvalue weighted by Crippen LogP contribution is 2.09. The van der Waals surface area contributed by atoms with Gasteiger partial charge in [0.1, 0.15) is 17.4 Å². The molecule has 0 bridgehead atoms. The average Bonchev–Trinajstić information content (AvgIpc) is 2.18. The number of Topliss-reactive ketones (excluding diaryl/α,β-unsaturated/α-hetero) is 1. The Labute approximate surface area is 91.5 Å².